The number of aliphatic hydroxyl groups excluding tert-OH is 1. The fourth-order valence-corrected chi connectivity index (χ4v) is 2.41. The van der Waals surface area contributed by atoms with Gasteiger partial charge in [-0.3, -0.25) is 0 Å². The van der Waals surface area contributed by atoms with Gasteiger partial charge in [0, 0.05) is 24.5 Å². The van der Waals surface area contributed by atoms with E-state index in [1.54, 1.807) is 0 Å². The highest BCUT2D eigenvalue weighted by atomic mass is 16.3. The van der Waals surface area contributed by atoms with E-state index in [4.69, 9.17) is 10.8 Å². The Kier molecular flexibility index (Phi) is 2.68. The van der Waals surface area contributed by atoms with Gasteiger partial charge in [-0.15, -0.1) is 0 Å². The van der Waals surface area contributed by atoms with Crippen molar-refractivity contribution in [3.8, 4) is 0 Å². The van der Waals surface area contributed by atoms with Crippen LogP contribution in [0.15, 0.2) is 42.5 Å². The number of benzene rings is 2. The van der Waals surface area contributed by atoms with Crippen molar-refractivity contribution in [1.29, 1.82) is 0 Å². The molecule has 0 aromatic heterocycles. The summed E-state index contributed by atoms with van der Waals surface area (Å²) in [7, 11) is 0. The average Bonchev–Trinajstić information content (AvgIpc) is 2.81. The van der Waals surface area contributed by atoms with Gasteiger partial charge in [0.1, 0.15) is 0 Å². The lowest BCUT2D eigenvalue weighted by atomic mass is 10.1. The maximum absolute atomic E-state index is 9.04. The zero-order chi connectivity index (χ0) is 12.5. The molecule has 1 aliphatic heterocycles. The normalized spacial score (nSPS) is 13.7. The van der Waals surface area contributed by atoms with Crippen LogP contribution in [0.25, 0.3) is 0 Å². The third-order valence-electron chi connectivity index (χ3n) is 3.44. The molecule has 0 aliphatic carbocycles. The summed E-state index contributed by atoms with van der Waals surface area (Å²) < 4.78 is 0. The zero-order valence-corrected chi connectivity index (χ0v) is 10.1. The van der Waals surface area contributed by atoms with E-state index in [1.165, 1.54) is 16.8 Å². The Hall–Kier alpha value is -2.00. The third kappa shape index (κ3) is 1.93. The molecule has 3 rings (SSSR count). The van der Waals surface area contributed by atoms with Crippen LogP contribution in [-0.4, -0.2) is 5.11 Å². The largest absolute Gasteiger partial charge is 0.399 e. The highest BCUT2D eigenvalue weighted by Crippen LogP contribution is 2.29. The quantitative estimate of drug-likeness (QED) is 0.792. The van der Waals surface area contributed by atoms with E-state index in [2.05, 4.69) is 29.2 Å². The molecule has 0 radical (unpaired) electrons. The smallest absolute Gasteiger partial charge is 0.0681 e. The monoisotopic (exact) mass is 240 g/mol. The molecular weight excluding hydrogens is 224 g/mol. The fourth-order valence-electron chi connectivity index (χ4n) is 2.41. The van der Waals surface area contributed by atoms with Crippen molar-refractivity contribution in [3.05, 3.63) is 59.2 Å². The van der Waals surface area contributed by atoms with Crippen molar-refractivity contribution in [3.63, 3.8) is 0 Å². The molecule has 0 unspecified atom stereocenters. The Morgan fingerprint density at radius 3 is 2.44 bits per heavy atom. The van der Waals surface area contributed by atoms with Crippen LogP contribution in [0.4, 0.5) is 11.4 Å². The summed E-state index contributed by atoms with van der Waals surface area (Å²) >= 11 is 0. The molecule has 18 heavy (non-hydrogen) atoms. The van der Waals surface area contributed by atoms with E-state index in [-0.39, 0.29) is 6.61 Å². The molecule has 1 heterocycles. The fraction of sp³-hybridized carbons (Fsp3) is 0.200. The number of nitrogen functional groups attached to an aromatic ring is 1. The summed E-state index contributed by atoms with van der Waals surface area (Å²) in [5, 5.41) is 9.04. The minimum Gasteiger partial charge on any atom is -0.399 e. The van der Waals surface area contributed by atoms with Crippen molar-refractivity contribution in [2.75, 3.05) is 10.6 Å². The number of hydrogen-bond donors (Lipinski definition) is 2. The lowest BCUT2D eigenvalue weighted by Gasteiger charge is -2.17. The van der Waals surface area contributed by atoms with Gasteiger partial charge in [0.25, 0.3) is 0 Å². The first-order valence-electron chi connectivity index (χ1n) is 6.08. The summed E-state index contributed by atoms with van der Waals surface area (Å²) in [5.41, 5.74) is 11.4. The van der Waals surface area contributed by atoms with Crippen LogP contribution in [-0.2, 0) is 19.7 Å². The average molecular weight is 240 g/mol. The van der Waals surface area contributed by atoms with Gasteiger partial charge < -0.3 is 15.7 Å². The van der Waals surface area contributed by atoms with Gasteiger partial charge in [0.2, 0.25) is 0 Å². The van der Waals surface area contributed by atoms with Crippen molar-refractivity contribution >= 4 is 11.4 Å². The van der Waals surface area contributed by atoms with Gasteiger partial charge in [0.05, 0.1) is 6.61 Å². The number of nitrogens with two attached hydrogens (primary N) is 1. The molecule has 0 atom stereocenters. The Bertz CT molecular complexity index is 563. The number of aliphatic hydroxyl groups is 1. The molecule has 0 saturated carbocycles. The molecule has 0 bridgehead atoms. The molecule has 0 fully saturated rings. The number of anilines is 2. The van der Waals surface area contributed by atoms with Crippen LogP contribution < -0.4 is 10.6 Å². The van der Waals surface area contributed by atoms with E-state index in [0.717, 1.165) is 24.3 Å². The summed E-state index contributed by atoms with van der Waals surface area (Å²) in [6.07, 6.45) is 0. The van der Waals surface area contributed by atoms with E-state index in [9.17, 15) is 0 Å². The summed E-state index contributed by atoms with van der Waals surface area (Å²) in [6.45, 7) is 1.92. The van der Waals surface area contributed by atoms with Gasteiger partial charge in [-0.2, -0.15) is 0 Å². The summed E-state index contributed by atoms with van der Waals surface area (Å²) in [5.74, 6) is 0. The Balaban J connectivity index is 1.84. The first-order chi connectivity index (χ1) is 8.76. The molecule has 0 saturated heterocycles. The summed E-state index contributed by atoms with van der Waals surface area (Å²) in [6, 6.07) is 14.2. The first-order valence-corrected chi connectivity index (χ1v) is 6.08. The first kappa shape index (κ1) is 11.1. The van der Waals surface area contributed by atoms with Crippen LogP contribution in [0.2, 0.25) is 0 Å². The van der Waals surface area contributed by atoms with Gasteiger partial charge in [-0.1, -0.05) is 18.2 Å². The SMILES string of the molecule is Nc1ccc2c(c1)CN(c1ccc(CO)cc1)C2. The molecule has 92 valence electrons. The van der Waals surface area contributed by atoms with Crippen LogP contribution >= 0.6 is 0 Å². The van der Waals surface area contributed by atoms with Crippen molar-refractivity contribution < 1.29 is 5.11 Å². The highest BCUT2D eigenvalue weighted by molar-refractivity contribution is 5.55. The molecule has 1 aliphatic rings. The lowest BCUT2D eigenvalue weighted by Crippen LogP contribution is -2.14. The van der Waals surface area contributed by atoms with Crippen LogP contribution in [0.1, 0.15) is 16.7 Å². The zero-order valence-electron chi connectivity index (χ0n) is 10.1. The number of nitrogens with zero attached hydrogens (tertiary/aromatic N) is 1. The maximum Gasteiger partial charge on any atom is 0.0681 e. The molecule has 0 spiro atoms. The second kappa shape index (κ2) is 4.35. The molecule has 3 nitrogen and oxygen atoms in total. The van der Waals surface area contributed by atoms with Gasteiger partial charge in [0.15, 0.2) is 0 Å². The predicted molar refractivity (Wildman–Crippen MR) is 73.1 cm³/mol. The minimum absolute atomic E-state index is 0.0943. The topological polar surface area (TPSA) is 49.5 Å². The van der Waals surface area contributed by atoms with E-state index in [1.807, 2.05) is 18.2 Å². The van der Waals surface area contributed by atoms with E-state index >= 15 is 0 Å². The van der Waals surface area contributed by atoms with Crippen LogP contribution in [0.5, 0.6) is 0 Å². The van der Waals surface area contributed by atoms with E-state index < -0.39 is 0 Å². The number of hydrogen-bond acceptors (Lipinski definition) is 3. The second-order valence-corrected chi connectivity index (χ2v) is 4.71. The second-order valence-electron chi connectivity index (χ2n) is 4.71. The van der Waals surface area contributed by atoms with Gasteiger partial charge in [-0.25, -0.2) is 0 Å². The standard InChI is InChI=1S/C15H16N2O/c16-14-4-3-12-8-17(9-13(12)7-14)15-5-1-11(10-18)2-6-15/h1-7,18H,8-10,16H2. The molecule has 2 aromatic rings. The number of fused-ring (bicyclic) bond motifs is 1. The molecule has 0 amide bonds. The van der Waals surface area contributed by atoms with Crippen molar-refractivity contribution in [2.24, 2.45) is 0 Å². The Morgan fingerprint density at radius 2 is 1.72 bits per heavy atom. The summed E-state index contributed by atoms with van der Waals surface area (Å²) in [4.78, 5) is 2.31. The minimum atomic E-state index is 0.0943. The van der Waals surface area contributed by atoms with Gasteiger partial charge >= 0.3 is 0 Å². The Labute approximate surface area is 106 Å². The molecule has 3 heteroatoms. The molecular formula is C15H16N2O. The number of rotatable bonds is 2. The lowest BCUT2D eigenvalue weighted by molar-refractivity contribution is 0.282. The highest BCUT2D eigenvalue weighted by Gasteiger charge is 2.18. The van der Waals surface area contributed by atoms with Crippen LogP contribution in [0.3, 0.4) is 0 Å². The van der Waals surface area contributed by atoms with Crippen LogP contribution in [0, 0.1) is 0 Å². The predicted octanol–water partition coefficient (Wildman–Crippen LogP) is 2.28. The third-order valence-corrected chi connectivity index (χ3v) is 3.44. The van der Waals surface area contributed by atoms with E-state index in [0.29, 0.717) is 0 Å². The maximum atomic E-state index is 9.04. The van der Waals surface area contributed by atoms with Crippen molar-refractivity contribution in [1.82, 2.24) is 0 Å². The molecule has 2 aromatic carbocycles. The van der Waals surface area contributed by atoms with Gasteiger partial charge in [-0.05, 0) is 41.0 Å². The van der Waals surface area contributed by atoms with Crippen molar-refractivity contribution in [2.45, 2.75) is 19.7 Å². The Morgan fingerprint density at radius 1 is 1.00 bits per heavy atom. The molecule has 3 N–H and O–H groups in total.